The average molecular weight is 409 g/mol. The molecule has 1 unspecified atom stereocenters. The van der Waals surface area contributed by atoms with E-state index in [4.69, 9.17) is 9.47 Å². The molecule has 29 heavy (non-hydrogen) atoms. The summed E-state index contributed by atoms with van der Waals surface area (Å²) in [5, 5.41) is 5.41. The number of carbonyl (C=O) groups is 1. The predicted molar refractivity (Wildman–Crippen MR) is 116 cm³/mol. The molecule has 2 aromatic carbocycles. The van der Waals surface area contributed by atoms with Crippen LogP contribution < -0.4 is 14.8 Å². The Morgan fingerprint density at radius 2 is 1.90 bits per heavy atom. The number of ether oxygens (including phenoxy) is 2. The zero-order valence-electron chi connectivity index (χ0n) is 16.6. The van der Waals surface area contributed by atoms with E-state index >= 15 is 0 Å². The number of hydrogen-bond acceptors (Lipinski definition) is 5. The predicted octanol–water partition coefficient (Wildman–Crippen LogP) is 5.10. The molecule has 0 radical (unpaired) electrons. The highest BCUT2D eigenvalue weighted by molar-refractivity contribution is 7.14. The maximum Gasteiger partial charge on any atom is 0.266 e. The molecule has 0 saturated carbocycles. The summed E-state index contributed by atoms with van der Waals surface area (Å²) >= 11 is 1.42. The minimum absolute atomic E-state index is 0.237. The van der Waals surface area contributed by atoms with Crippen molar-refractivity contribution in [2.75, 3.05) is 12.4 Å². The molecule has 6 heteroatoms. The van der Waals surface area contributed by atoms with Crippen molar-refractivity contribution in [3.63, 3.8) is 0 Å². The van der Waals surface area contributed by atoms with E-state index in [-0.39, 0.29) is 5.91 Å². The van der Waals surface area contributed by atoms with E-state index < -0.39 is 6.10 Å². The van der Waals surface area contributed by atoms with Gasteiger partial charge in [0.2, 0.25) is 0 Å². The second-order valence-corrected chi connectivity index (χ2v) is 8.01. The third-order valence-electron chi connectivity index (χ3n) is 5.10. The number of benzene rings is 2. The molecule has 1 atom stereocenters. The van der Waals surface area contributed by atoms with Gasteiger partial charge in [-0.3, -0.25) is 10.1 Å². The molecule has 5 nitrogen and oxygen atoms in total. The van der Waals surface area contributed by atoms with Crippen molar-refractivity contribution in [3.8, 4) is 22.8 Å². The zero-order chi connectivity index (χ0) is 20.2. The Bertz CT molecular complexity index is 1010. The first kappa shape index (κ1) is 19.5. The summed E-state index contributed by atoms with van der Waals surface area (Å²) in [6.45, 7) is 1.72. The summed E-state index contributed by atoms with van der Waals surface area (Å²) in [5.74, 6) is 1.03. The topological polar surface area (TPSA) is 60.5 Å². The van der Waals surface area contributed by atoms with Crippen LogP contribution in [0.3, 0.4) is 0 Å². The number of aromatic nitrogens is 1. The minimum atomic E-state index is -0.654. The normalized spacial score (nSPS) is 14.0. The molecule has 150 valence electrons. The number of methoxy groups -OCH3 is 1. The fourth-order valence-corrected chi connectivity index (χ4v) is 4.22. The zero-order valence-corrected chi connectivity index (χ0v) is 17.4. The van der Waals surface area contributed by atoms with Crippen molar-refractivity contribution in [2.24, 2.45) is 0 Å². The van der Waals surface area contributed by atoms with Crippen LogP contribution in [0.15, 0.2) is 47.8 Å². The van der Waals surface area contributed by atoms with Crippen molar-refractivity contribution in [3.05, 3.63) is 59.0 Å². The van der Waals surface area contributed by atoms with Crippen molar-refractivity contribution in [2.45, 2.75) is 38.7 Å². The van der Waals surface area contributed by atoms with Crippen LogP contribution in [0, 0.1) is 0 Å². The summed E-state index contributed by atoms with van der Waals surface area (Å²) in [6.07, 6.45) is 4.17. The number of aryl methyl sites for hydroxylation is 2. The van der Waals surface area contributed by atoms with E-state index in [9.17, 15) is 4.79 Å². The van der Waals surface area contributed by atoms with E-state index in [1.807, 2.05) is 17.5 Å². The number of fused-ring (bicyclic) bond motifs is 1. The molecule has 0 fully saturated rings. The summed E-state index contributed by atoms with van der Waals surface area (Å²) in [4.78, 5) is 17.1. The number of carbonyl (C=O) groups excluding carboxylic acids is 1. The molecule has 0 saturated heterocycles. The number of amides is 1. The lowest BCUT2D eigenvalue weighted by Gasteiger charge is -2.16. The van der Waals surface area contributed by atoms with Gasteiger partial charge in [-0.05, 0) is 61.9 Å². The lowest BCUT2D eigenvalue weighted by molar-refractivity contribution is -0.122. The molecular formula is C23H24N2O3S. The van der Waals surface area contributed by atoms with Gasteiger partial charge >= 0.3 is 0 Å². The maximum absolute atomic E-state index is 12.5. The fourth-order valence-electron chi connectivity index (χ4n) is 3.50. The summed E-state index contributed by atoms with van der Waals surface area (Å²) < 4.78 is 10.9. The van der Waals surface area contributed by atoms with E-state index in [1.165, 1.54) is 41.7 Å². The van der Waals surface area contributed by atoms with E-state index in [2.05, 4.69) is 28.5 Å². The smallest absolute Gasteiger partial charge is 0.266 e. The molecule has 1 N–H and O–H groups in total. The van der Waals surface area contributed by atoms with Gasteiger partial charge in [0.25, 0.3) is 5.91 Å². The molecular weight excluding hydrogens is 384 g/mol. The molecule has 1 aliphatic rings. The highest BCUT2D eigenvalue weighted by Crippen LogP contribution is 2.30. The van der Waals surface area contributed by atoms with Gasteiger partial charge in [-0.15, -0.1) is 11.3 Å². The molecule has 1 aliphatic carbocycles. The summed E-state index contributed by atoms with van der Waals surface area (Å²) in [7, 11) is 1.60. The third kappa shape index (κ3) is 4.59. The van der Waals surface area contributed by atoms with Gasteiger partial charge in [-0.25, -0.2) is 4.98 Å². The summed E-state index contributed by atoms with van der Waals surface area (Å²) in [5.41, 5.74) is 4.86. The molecule has 1 heterocycles. The Kier molecular flexibility index (Phi) is 5.81. The van der Waals surface area contributed by atoms with Crippen LogP contribution in [0.5, 0.6) is 11.5 Å². The van der Waals surface area contributed by atoms with Gasteiger partial charge in [0.05, 0.1) is 12.8 Å². The molecule has 0 spiro atoms. The molecule has 0 bridgehead atoms. The molecule has 4 rings (SSSR count). The Morgan fingerprint density at radius 3 is 2.72 bits per heavy atom. The highest BCUT2D eigenvalue weighted by Gasteiger charge is 2.17. The maximum atomic E-state index is 12.5. The first-order chi connectivity index (χ1) is 14.1. The number of nitrogens with one attached hydrogen (secondary N) is 1. The van der Waals surface area contributed by atoms with Gasteiger partial charge in [-0.1, -0.05) is 18.2 Å². The van der Waals surface area contributed by atoms with Gasteiger partial charge in [-0.2, -0.15) is 0 Å². The lowest BCUT2D eigenvalue weighted by atomic mass is 9.90. The number of nitrogens with zero attached hydrogens (tertiary/aromatic N) is 1. The highest BCUT2D eigenvalue weighted by atomic mass is 32.1. The van der Waals surface area contributed by atoms with Crippen molar-refractivity contribution in [1.29, 1.82) is 0 Å². The van der Waals surface area contributed by atoms with Crippen LogP contribution in [0.2, 0.25) is 0 Å². The number of anilines is 1. The minimum Gasteiger partial charge on any atom is -0.497 e. The van der Waals surface area contributed by atoms with Crippen molar-refractivity contribution in [1.82, 2.24) is 4.98 Å². The van der Waals surface area contributed by atoms with Crippen LogP contribution in [-0.2, 0) is 17.6 Å². The van der Waals surface area contributed by atoms with Gasteiger partial charge in [0.1, 0.15) is 11.5 Å². The second kappa shape index (κ2) is 8.66. The first-order valence-corrected chi connectivity index (χ1v) is 10.7. The van der Waals surface area contributed by atoms with Gasteiger partial charge in [0.15, 0.2) is 11.2 Å². The Balaban J connectivity index is 1.41. The van der Waals surface area contributed by atoms with E-state index in [0.717, 1.165) is 17.7 Å². The number of rotatable bonds is 6. The van der Waals surface area contributed by atoms with Crippen LogP contribution in [0.1, 0.15) is 30.9 Å². The SMILES string of the molecule is COc1cccc(OC(C)C(=O)Nc2nc(-c3ccc4c(c3)CCCC4)cs2)c1. The van der Waals surface area contributed by atoms with Gasteiger partial charge < -0.3 is 9.47 Å². The summed E-state index contributed by atoms with van der Waals surface area (Å²) in [6, 6.07) is 13.8. The molecule has 1 aromatic heterocycles. The van der Waals surface area contributed by atoms with E-state index in [0.29, 0.717) is 16.6 Å². The molecule has 3 aromatic rings. The van der Waals surface area contributed by atoms with Crippen LogP contribution in [0.4, 0.5) is 5.13 Å². The van der Waals surface area contributed by atoms with Crippen molar-refractivity contribution < 1.29 is 14.3 Å². The van der Waals surface area contributed by atoms with Crippen LogP contribution in [0.25, 0.3) is 11.3 Å². The van der Waals surface area contributed by atoms with Crippen LogP contribution >= 0.6 is 11.3 Å². The molecule has 1 amide bonds. The molecule has 0 aliphatic heterocycles. The quantitative estimate of drug-likeness (QED) is 0.616. The fraction of sp³-hybridized carbons (Fsp3) is 0.304. The van der Waals surface area contributed by atoms with Gasteiger partial charge in [0, 0.05) is 17.0 Å². The number of thiazole rings is 1. The average Bonchev–Trinajstić information content (AvgIpc) is 3.22. The monoisotopic (exact) mass is 408 g/mol. The first-order valence-electron chi connectivity index (χ1n) is 9.81. The lowest BCUT2D eigenvalue weighted by Crippen LogP contribution is -2.30. The van der Waals surface area contributed by atoms with Crippen LogP contribution in [-0.4, -0.2) is 24.1 Å². The largest absolute Gasteiger partial charge is 0.497 e. The second-order valence-electron chi connectivity index (χ2n) is 7.16. The Hall–Kier alpha value is -2.86. The van der Waals surface area contributed by atoms with E-state index in [1.54, 1.807) is 26.2 Å². The Morgan fingerprint density at radius 1 is 1.10 bits per heavy atom. The van der Waals surface area contributed by atoms with Crippen molar-refractivity contribution >= 4 is 22.4 Å². The standard InChI is InChI=1S/C23H24N2O3S/c1-15(28-20-9-5-8-19(13-20)27-2)22(26)25-23-24-21(14-29-23)18-11-10-16-6-3-4-7-17(16)12-18/h5,8-15H,3-4,6-7H2,1-2H3,(H,24,25,26). The number of hydrogen-bond donors (Lipinski definition) is 1. The third-order valence-corrected chi connectivity index (χ3v) is 5.86. The Labute approximate surface area is 174 Å².